The molecule has 0 unspecified atom stereocenters. The highest BCUT2D eigenvalue weighted by molar-refractivity contribution is 6.03. The lowest BCUT2D eigenvalue weighted by Gasteiger charge is -2.07. The third kappa shape index (κ3) is 3.31. The van der Waals surface area contributed by atoms with Crippen LogP contribution in [-0.2, 0) is 0 Å². The van der Waals surface area contributed by atoms with E-state index in [1.807, 2.05) is 0 Å². The number of halogens is 1. The SMILES string of the molecule is C=C/C=C\N=C(C)c1ccc(F)cc1C(=C)N=O. The van der Waals surface area contributed by atoms with Crippen LogP contribution in [0.25, 0.3) is 5.70 Å². The third-order valence-corrected chi connectivity index (χ3v) is 2.28. The van der Waals surface area contributed by atoms with Gasteiger partial charge in [-0.3, -0.25) is 4.99 Å². The number of aliphatic imine (C=N–C) groups is 1. The van der Waals surface area contributed by atoms with Crippen LogP contribution in [-0.4, -0.2) is 5.71 Å². The molecule has 0 bridgehead atoms. The Bertz CT molecular complexity index is 545. The molecule has 1 aromatic rings. The highest BCUT2D eigenvalue weighted by Crippen LogP contribution is 2.21. The van der Waals surface area contributed by atoms with Gasteiger partial charge < -0.3 is 0 Å². The van der Waals surface area contributed by atoms with Gasteiger partial charge in [-0.2, -0.15) is 0 Å². The van der Waals surface area contributed by atoms with Crippen molar-refractivity contribution in [2.75, 3.05) is 0 Å². The van der Waals surface area contributed by atoms with E-state index in [4.69, 9.17) is 0 Å². The average Bonchev–Trinajstić information content (AvgIpc) is 2.37. The number of rotatable bonds is 5. The molecule has 0 amide bonds. The van der Waals surface area contributed by atoms with Crippen molar-refractivity contribution in [1.82, 2.24) is 0 Å². The molecule has 1 rings (SSSR count). The van der Waals surface area contributed by atoms with Crippen molar-refractivity contribution >= 4 is 11.4 Å². The number of hydrogen-bond donors (Lipinski definition) is 0. The van der Waals surface area contributed by atoms with E-state index >= 15 is 0 Å². The summed E-state index contributed by atoms with van der Waals surface area (Å²) in [6.07, 6.45) is 4.82. The Morgan fingerprint density at radius 2 is 2.11 bits per heavy atom. The summed E-state index contributed by atoms with van der Waals surface area (Å²) in [5.74, 6) is -0.451. The Morgan fingerprint density at radius 1 is 1.39 bits per heavy atom. The van der Waals surface area contributed by atoms with E-state index in [0.717, 1.165) is 0 Å². The van der Waals surface area contributed by atoms with Gasteiger partial charge in [0.05, 0.1) is 0 Å². The van der Waals surface area contributed by atoms with Gasteiger partial charge in [0.15, 0.2) is 0 Å². The number of nitrogens with zero attached hydrogens (tertiary/aromatic N) is 2. The summed E-state index contributed by atoms with van der Waals surface area (Å²) in [5.41, 5.74) is 1.58. The molecular weight excluding hydrogens is 231 g/mol. The third-order valence-electron chi connectivity index (χ3n) is 2.28. The molecule has 0 aliphatic rings. The molecule has 0 fully saturated rings. The predicted octanol–water partition coefficient (Wildman–Crippen LogP) is 4.07. The van der Waals surface area contributed by atoms with E-state index in [-0.39, 0.29) is 5.70 Å². The van der Waals surface area contributed by atoms with Gasteiger partial charge in [-0.05, 0) is 36.4 Å². The van der Waals surface area contributed by atoms with Crippen molar-refractivity contribution in [3.05, 3.63) is 71.6 Å². The zero-order valence-corrected chi connectivity index (χ0v) is 10.1. The van der Waals surface area contributed by atoms with Crippen molar-refractivity contribution in [3.8, 4) is 0 Å². The van der Waals surface area contributed by atoms with Gasteiger partial charge in [0.1, 0.15) is 11.5 Å². The molecule has 0 saturated carbocycles. The smallest absolute Gasteiger partial charge is 0.123 e. The van der Waals surface area contributed by atoms with Gasteiger partial charge in [-0.1, -0.05) is 19.2 Å². The first-order valence-electron chi connectivity index (χ1n) is 5.24. The second-order valence-corrected chi connectivity index (χ2v) is 3.52. The van der Waals surface area contributed by atoms with E-state index < -0.39 is 5.82 Å². The molecule has 18 heavy (non-hydrogen) atoms. The lowest BCUT2D eigenvalue weighted by molar-refractivity contribution is 0.627. The summed E-state index contributed by atoms with van der Waals surface area (Å²) in [5, 5.41) is 2.74. The number of nitroso groups, excluding NO2 is 1. The Balaban J connectivity index is 3.27. The largest absolute Gasteiger partial charge is 0.261 e. The zero-order chi connectivity index (χ0) is 13.5. The molecule has 0 N–H and O–H groups in total. The van der Waals surface area contributed by atoms with Crippen LogP contribution in [0.2, 0.25) is 0 Å². The Labute approximate surface area is 105 Å². The number of allylic oxidation sites excluding steroid dienone is 2. The molecule has 3 nitrogen and oxygen atoms in total. The number of hydrogen-bond acceptors (Lipinski definition) is 3. The Kier molecular flexibility index (Phi) is 4.87. The Hall–Kier alpha value is -2.36. The van der Waals surface area contributed by atoms with Crippen LogP contribution >= 0.6 is 0 Å². The zero-order valence-electron chi connectivity index (χ0n) is 10.1. The molecule has 0 radical (unpaired) electrons. The minimum Gasteiger partial charge on any atom is -0.261 e. The second-order valence-electron chi connectivity index (χ2n) is 3.52. The van der Waals surface area contributed by atoms with E-state index in [1.54, 1.807) is 31.3 Å². The standard InChI is InChI=1S/C14H13FN2O/c1-4-5-8-16-10(2)13-7-6-12(15)9-14(13)11(3)17-18/h4-9H,1,3H2,2H3/b8-5-,16-10?. The summed E-state index contributed by atoms with van der Waals surface area (Å²) in [7, 11) is 0. The molecule has 0 spiro atoms. The molecule has 0 aliphatic carbocycles. The van der Waals surface area contributed by atoms with Gasteiger partial charge >= 0.3 is 0 Å². The van der Waals surface area contributed by atoms with Crippen LogP contribution in [0.3, 0.4) is 0 Å². The lowest BCUT2D eigenvalue weighted by Crippen LogP contribution is -2.00. The predicted molar refractivity (Wildman–Crippen MR) is 72.8 cm³/mol. The molecule has 0 saturated heterocycles. The molecule has 0 aliphatic heterocycles. The summed E-state index contributed by atoms with van der Waals surface area (Å²) >= 11 is 0. The quantitative estimate of drug-likeness (QED) is 0.437. The summed E-state index contributed by atoms with van der Waals surface area (Å²) in [6, 6.07) is 4.06. The normalized spacial score (nSPS) is 11.6. The van der Waals surface area contributed by atoms with Crippen LogP contribution in [0, 0.1) is 10.7 Å². The maximum Gasteiger partial charge on any atom is 0.123 e. The van der Waals surface area contributed by atoms with E-state index in [2.05, 4.69) is 23.3 Å². The van der Waals surface area contributed by atoms with Gasteiger partial charge in [0.2, 0.25) is 0 Å². The highest BCUT2D eigenvalue weighted by Gasteiger charge is 2.10. The minimum atomic E-state index is -0.451. The van der Waals surface area contributed by atoms with Crippen molar-refractivity contribution < 1.29 is 4.39 Å². The molecule has 4 heteroatoms. The maximum atomic E-state index is 13.2. The van der Waals surface area contributed by atoms with Crippen LogP contribution < -0.4 is 0 Å². The topological polar surface area (TPSA) is 41.8 Å². The van der Waals surface area contributed by atoms with Crippen molar-refractivity contribution in [2.45, 2.75) is 6.92 Å². The van der Waals surface area contributed by atoms with E-state index in [0.29, 0.717) is 16.8 Å². The number of benzene rings is 1. The van der Waals surface area contributed by atoms with Crippen LogP contribution in [0.1, 0.15) is 18.1 Å². The monoisotopic (exact) mass is 244 g/mol. The van der Waals surface area contributed by atoms with Crippen molar-refractivity contribution in [3.63, 3.8) is 0 Å². The first-order valence-corrected chi connectivity index (χ1v) is 5.24. The van der Waals surface area contributed by atoms with Gasteiger partial charge in [-0.15, -0.1) is 4.91 Å². The molecule has 0 heterocycles. The highest BCUT2D eigenvalue weighted by atomic mass is 19.1. The first kappa shape index (κ1) is 13.7. The Morgan fingerprint density at radius 3 is 2.72 bits per heavy atom. The molecule has 1 aromatic carbocycles. The summed E-state index contributed by atoms with van der Waals surface area (Å²) in [6.45, 7) is 8.77. The van der Waals surface area contributed by atoms with Crippen LogP contribution in [0.15, 0.2) is 59.9 Å². The van der Waals surface area contributed by atoms with Gasteiger partial charge in [0, 0.05) is 23.0 Å². The fourth-order valence-corrected chi connectivity index (χ4v) is 1.41. The average molecular weight is 244 g/mol. The summed E-state index contributed by atoms with van der Waals surface area (Å²) in [4.78, 5) is 14.7. The van der Waals surface area contributed by atoms with Gasteiger partial charge in [-0.25, -0.2) is 4.39 Å². The summed E-state index contributed by atoms with van der Waals surface area (Å²) < 4.78 is 13.2. The molecule has 92 valence electrons. The first-order chi connectivity index (χ1) is 8.60. The van der Waals surface area contributed by atoms with E-state index in [1.165, 1.54) is 12.1 Å². The van der Waals surface area contributed by atoms with E-state index in [9.17, 15) is 9.30 Å². The molecular formula is C14H13FN2O. The minimum absolute atomic E-state index is 0.0215. The fourth-order valence-electron chi connectivity index (χ4n) is 1.41. The van der Waals surface area contributed by atoms with Crippen LogP contribution in [0.5, 0.6) is 0 Å². The fraction of sp³-hybridized carbons (Fsp3) is 0.0714. The van der Waals surface area contributed by atoms with Crippen molar-refractivity contribution in [1.29, 1.82) is 0 Å². The molecule has 0 atom stereocenters. The van der Waals surface area contributed by atoms with Crippen molar-refractivity contribution in [2.24, 2.45) is 10.2 Å². The maximum absolute atomic E-state index is 13.2. The lowest BCUT2D eigenvalue weighted by atomic mass is 10.0. The second kappa shape index (κ2) is 6.39. The molecule has 0 aromatic heterocycles. The van der Waals surface area contributed by atoms with Crippen LogP contribution in [0.4, 0.5) is 4.39 Å². The van der Waals surface area contributed by atoms with Gasteiger partial charge in [0.25, 0.3) is 0 Å².